The minimum atomic E-state index is 0.0811. The van der Waals surface area contributed by atoms with Gasteiger partial charge < -0.3 is 9.42 Å². The van der Waals surface area contributed by atoms with Gasteiger partial charge in [-0.3, -0.25) is 9.78 Å². The zero-order valence-corrected chi connectivity index (χ0v) is 15.0. The number of benzene rings is 1. The third kappa shape index (κ3) is 3.62. The summed E-state index contributed by atoms with van der Waals surface area (Å²) in [5.74, 6) is 2.01. The number of aromatic nitrogens is 3. The average molecular weight is 366 g/mol. The number of thioether (sulfide) groups is 1. The number of nitrogens with zero attached hydrogens (tertiary/aromatic N) is 4. The van der Waals surface area contributed by atoms with Gasteiger partial charge in [0, 0.05) is 30.5 Å². The van der Waals surface area contributed by atoms with Gasteiger partial charge in [-0.25, -0.2) is 0 Å². The predicted molar refractivity (Wildman–Crippen MR) is 100.0 cm³/mol. The summed E-state index contributed by atoms with van der Waals surface area (Å²) in [4.78, 5) is 24.4. The van der Waals surface area contributed by atoms with Crippen molar-refractivity contribution in [1.82, 2.24) is 15.1 Å². The molecule has 0 spiro atoms. The summed E-state index contributed by atoms with van der Waals surface area (Å²) < 4.78 is 5.27. The summed E-state index contributed by atoms with van der Waals surface area (Å²) in [6.07, 6.45) is 3.42. The van der Waals surface area contributed by atoms with Gasteiger partial charge in [-0.1, -0.05) is 23.4 Å². The molecule has 0 N–H and O–H groups in total. The van der Waals surface area contributed by atoms with Crippen molar-refractivity contribution in [3.05, 3.63) is 54.6 Å². The molecule has 0 atom stereocenters. The maximum absolute atomic E-state index is 12.8. The van der Waals surface area contributed by atoms with Gasteiger partial charge in [0.15, 0.2) is 0 Å². The molecule has 7 heteroatoms. The van der Waals surface area contributed by atoms with Crippen LogP contribution in [0.15, 0.2) is 58.1 Å². The Morgan fingerprint density at radius 2 is 2.08 bits per heavy atom. The maximum atomic E-state index is 12.8. The summed E-state index contributed by atoms with van der Waals surface area (Å²) in [6, 6.07) is 13.6. The molecule has 6 nitrogen and oxygen atoms in total. The van der Waals surface area contributed by atoms with E-state index in [0.29, 0.717) is 30.3 Å². The monoisotopic (exact) mass is 366 g/mol. The number of hydrogen-bond donors (Lipinski definition) is 0. The number of pyridine rings is 1. The maximum Gasteiger partial charge on any atom is 0.227 e. The van der Waals surface area contributed by atoms with Crippen LogP contribution in [0.3, 0.4) is 0 Å². The summed E-state index contributed by atoms with van der Waals surface area (Å²) in [5, 5.41) is 3.95. The highest BCUT2D eigenvalue weighted by molar-refractivity contribution is 7.99. The topological polar surface area (TPSA) is 72.1 Å². The fourth-order valence-electron chi connectivity index (χ4n) is 2.89. The Labute approximate surface area is 155 Å². The lowest BCUT2D eigenvalue weighted by atomic mass is 10.2. The second-order valence-electron chi connectivity index (χ2n) is 5.94. The van der Waals surface area contributed by atoms with Gasteiger partial charge in [-0.05, 0) is 36.4 Å². The molecule has 0 unspecified atom stereocenters. The Balaban J connectivity index is 1.44. The van der Waals surface area contributed by atoms with Crippen molar-refractivity contribution in [2.24, 2.45) is 0 Å². The quantitative estimate of drug-likeness (QED) is 0.703. The van der Waals surface area contributed by atoms with Crippen molar-refractivity contribution >= 4 is 23.4 Å². The first kappa shape index (κ1) is 16.8. The predicted octanol–water partition coefficient (Wildman–Crippen LogP) is 3.59. The highest BCUT2D eigenvalue weighted by Crippen LogP contribution is 2.33. The van der Waals surface area contributed by atoms with Gasteiger partial charge in [0.25, 0.3) is 0 Å². The van der Waals surface area contributed by atoms with E-state index < -0.39 is 0 Å². The molecule has 2 aromatic heterocycles. The van der Waals surface area contributed by atoms with Crippen LogP contribution < -0.4 is 4.90 Å². The third-order valence-corrected chi connectivity index (χ3v) is 5.30. The van der Waals surface area contributed by atoms with E-state index in [1.54, 1.807) is 18.0 Å². The van der Waals surface area contributed by atoms with E-state index in [1.807, 2.05) is 41.3 Å². The number of anilines is 1. The molecule has 1 aliphatic heterocycles. The van der Waals surface area contributed by atoms with E-state index in [1.165, 1.54) is 0 Å². The van der Waals surface area contributed by atoms with Gasteiger partial charge in [0.1, 0.15) is 5.69 Å². The fraction of sp³-hybridized carbons (Fsp3) is 0.263. The zero-order valence-electron chi connectivity index (χ0n) is 14.2. The molecular formula is C19H18N4O2S. The van der Waals surface area contributed by atoms with Crippen LogP contribution in [0.25, 0.3) is 11.5 Å². The summed E-state index contributed by atoms with van der Waals surface area (Å²) in [6.45, 7) is 0.742. The van der Waals surface area contributed by atoms with E-state index in [-0.39, 0.29) is 5.91 Å². The van der Waals surface area contributed by atoms with Gasteiger partial charge in [0.2, 0.25) is 17.6 Å². The van der Waals surface area contributed by atoms with Crippen LogP contribution >= 0.6 is 11.8 Å². The molecule has 0 saturated heterocycles. The van der Waals surface area contributed by atoms with Crippen LogP contribution in [-0.4, -0.2) is 33.3 Å². The molecular weight excluding hydrogens is 348 g/mol. The van der Waals surface area contributed by atoms with E-state index in [2.05, 4.69) is 21.2 Å². The van der Waals surface area contributed by atoms with Crippen LogP contribution in [-0.2, 0) is 11.2 Å². The summed E-state index contributed by atoms with van der Waals surface area (Å²) >= 11 is 1.80. The molecule has 0 saturated carbocycles. The van der Waals surface area contributed by atoms with E-state index >= 15 is 0 Å². The average Bonchev–Trinajstić information content (AvgIpc) is 3.06. The van der Waals surface area contributed by atoms with Crippen molar-refractivity contribution in [3.8, 4) is 11.5 Å². The summed E-state index contributed by atoms with van der Waals surface area (Å²) in [7, 11) is 0. The third-order valence-electron chi connectivity index (χ3n) is 4.16. The van der Waals surface area contributed by atoms with E-state index in [0.717, 1.165) is 29.3 Å². The number of para-hydroxylation sites is 1. The van der Waals surface area contributed by atoms with Gasteiger partial charge in [0.05, 0.1) is 5.69 Å². The van der Waals surface area contributed by atoms with E-state index in [9.17, 15) is 4.79 Å². The van der Waals surface area contributed by atoms with Crippen molar-refractivity contribution in [2.75, 3.05) is 17.2 Å². The molecule has 1 amide bonds. The Morgan fingerprint density at radius 3 is 2.96 bits per heavy atom. The SMILES string of the molecule is O=C(CCc1nc(-c2ccccn2)no1)N1CCCSc2ccccc21. The number of hydrogen-bond acceptors (Lipinski definition) is 6. The Hall–Kier alpha value is -2.67. The lowest BCUT2D eigenvalue weighted by Crippen LogP contribution is -2.32. The second-order valence-corrected chi connectivity index (χ2v) is 7.08. The highest BCUT2D eigenvalue weighted by atomic mass is 32.2. The first-order chi connectivity index (χ1) is 12.8. The zero-order chi connectivity index (χ0) is 17.8. The normalized spacial score (nSPS) is 13.9. The van der Waals surface area contributed by atoms with Crippen molar-refractivity contribution in [3.63, 3.8) is 0 Å². The van der Waals surface area contributed by atoms with Crippen LogP contribution in [0.1, 0.15) is 18.7 Å². The first-order valence-electron chi connectivity index (χ1n) is 8.57. The van der Waals surface area contributed by atoms with Crippen LogP contribution in [0, 0.1) is 0 Å². The fourth-order valence-corrected chi connectivity index (χ4v) is 3.89. The number of aryl methyl sites for hydroxylation is 1. The van der Waals surface area contributed by atoms with Crippen molar-refractivity contribution in [2.45, 2.75) is 24.2 Å². The van der Waals surface area contributed by atoms with Crippen molar-refractivity contribution in [1.29, 1.82) is 0 Å². The Bertz CT molecular complexity index is 897. The molecule has 3 heterocycles. The first-order valence-corrected chi connectivity index (χ1v) is 9.56. The molecule has 26 heavy (non-hydrogen) atoms. The smallest absolute Gasteiger partial charge is 0.227 e. The second kappa shape index (κ2) is 7.70. The van der Waals surface area contributed by atoms with Gasteiger partial charge in [-0.2, -0.15) is 4.98 Å². The molecule has 0 fully saturated rings. The molecule has 0 bridgehead atoms. The van der Waals surface area contributed by atoms with Crippen LogP contribution in [0.2, 0.25) is 0 Å². The number of carbonyl (C=O) groups excluding carboxylic acids is 1. The Kier molecular flexibility index (Phi) is 4.97. The van der Waals surface area contributed by atoms with Gasteiger partial charge >= 0.3 is 0 Å². The summed E-state index contributed by atoms with van der Waals surface area (Å²) in [5.41, 5.74) is 1.66. The molecule has 132 valence electrons. The molecule has 4 rings (SSSR count). The standard InChI is InChI=1S/C19H18N4O2S/c24-18(23-12-5-13-26-16-8-2-1-7-15(16)23)10-9-17-21-19(22-25-17)14-6-3-4-11-20-14/h1-4,6-8,11H,5,9-10,12-13H2. The molecule has 1 aliphatic rings. The molecule has 3 aromatic rings. The van der Waals surface area contributed by atoms with Crippen LogP contribution in [0.5, 0.6) is 0 Å². The number of carbonyl (C=O) groups is 1. The number of fused-ring (bicyclic) bond motifs is 1. The lowest BCUT2D eigenvalue weighted by Gasteiger charge is -2.22. The minimum Gasteiger partial charge on any atom is -0.339 e. The minimum absolute atomic E-state index is 0.0811. The van der Waals surface area contributed by atoms with Crippen molar-refractivity contribution < 1.29 is 9.32 Å². The highest BCUT2D eigenvalue weighted by Gasteiger charge is 2.22. The lowest BCUT2D eigenvalue weighted by molar-refractivity contribution is -0.118. The number of rotatable bonds is 4. The molecule has 0 aliphatic carbocycles. The van der Waals surface area contributed by atoms with Gasteiger partial charge in [-0.15, -0.1) is 11.8 Å². The molecule has 1 aromatic carbocycles. The Morgan fingerprint density at radius 1 is 1.19 bits per heavy atom. The van der Waals surface area contributed by atoms with Crippen LogP contribution in [0.4, 0.5) is 5.69 Å². The molecule has 0 radical (unpaired) electrons. The largest absolute Gasteiger partial charge is 0.339 e. The number of amides is 1. The van der Waals surface area contributed by atoms with E-state index in [4.69, 9.17) is 4.52 Å².